The van der Waals surface area contributed by atoms with E-state index in [0.717, 1.165) is 68.3 Å². The lowest BCUT2D eigenvalue weighted by molar-refractivity contribution is -0.274. The predicted octanol–water partition coefficient (Wildman–Crippen LogP) is 8.29. The molecule has 0 bridgehead atoms. The molecule has 1 aromatic carbocycles. The van der Waals surface area contributed by atoms with E-state index in [1.807, 2.05) is 0 Å². The summed E-state index contributed by atoms with van der Waals surface area (Å²) in [5.74, 6) is 1.77. The minimum atomic E-state index is -4.64. The highest BCUT2D eigenvalue weighted by molar-refractivity contribution is 5.27. The van der Waals surface area contributed by atoms with Crippen molar-refractivity contribution in [1.82, 2.24) is 0 Å². The number of aryl methyl sites for hydroxylation is 1. The Labute approximate surface area is 188 Å². The van der Waals surface area contributed by atoms with Crippen molar-refractivity contribution in [1.29, 1.82) is 5.26 Å². The topological polar surface area (TPSA) is 33.0 Å². The summed E-state index contributed by atoms with van der Waals surface area (Å²) in [4.78, 5) is 0. The van der Waals surface area contributed by atoms with Gasteiger partial charge in [0.1, 0.15) is 11.8 Å². The van der Waals surface area contributed by atoms with Crippen LogP contribution < -0.4 is 4.74 Å². The molecule has 176 valence electrons. The number of allylic oxidation sites excluding steroid dienone is 2. The van der Waals surface area contributed by atoms with Gasteiger partial charge in [-0.3, -0.25) is 0 Å². The summed E-state index contributed by atoms with van der Waals surface area (Å²) in [7, 11) is 0. The zero-order valence-electron chi connectivity index (χ0n) is 18.5. The zero-order chi connectivity index (χ0) is 23.0. The second-order valence-corrected chi connectivity index (χ2v) is 9.52. The minimum Gasteiger partial charge on any atom is -0.406 e. The van der Waals surface area contributed by atoms with Crippen LogP contribution in [0.15, 0.2) is 36.2 Å². The number of hydrogen-bond acceptors (Lipinski definition) is 2. The van der Waals surface area contributed by atoms with Gasteiger partial charge in [0.2, 0.25) is 0 Å². The summed E-state index contributed by atoms with van der Waals surface area (Å²) in [5.41, 5.74) is 1.04. The predicted molar refractivity (Wildman–Crippen MR) is 116 cm³/mol. The third-order valence-corrected chi connectivity index (χ3v) is 7.35. The number of ether oxygens (including phenoxy) is 1. The lowest BCUT2D eigenvalue weighted by atomic mass is 9.68. The van der Waals surface area contributed by atoms with Crippen LogP contribution in [0.5, 0.6) is 5.75 Å². The maximum atomic E-state index is 13.2. The van der Waals surface area contributed by atoms with Gasteiger partial charge in [-0.2, -0.15) is 9.65 Å². The van der Waals surface area contributed by atoms with Gasteiger partial charge in [0.25, 0.3) is 0 Å². The lowest BCUT2D eigenvalue weighted by Crippen LogP contribution is -2.25. The molecular weight excluding hydrogens is 418 g/mol. The van der Waals surface area contributed by atoms with Crippen molar-refractivity contribution in [3.63, 3.8) is 0 Å². The third-order valence-electron chi connectivity index (χ3n) is 7.35. The molecule has 0 aliphatic heterocycles. The van der Waals surface area contributed by atoms with Gasteiger partial charge >= 0.3 is 6.36 Å². The van der Waals surface area contributed by atoms with E-state index in [-0.39, 0.29) is 11.7 Å². The number of rotatable bonds is 8. The Bertz CT molecular complexity index is 765. The van der Waals surface area contributed by atoms with Gasteiger partial charge in [-0.05, 0) is 98.8 Å². The Morgan fingerprint density at radius 2 is 1.53 bits per heavy atom. The number of nitrogens with zero attached hydrogens (tertiary/aromatic N) is 1. The number of benzene rings is 1. The normalized spacial score (nSPS) is 27.0. The molecule has 2 nitrogen and oxygen atoms in total. The van der Waals surface area contributed by atoms with Gasteiger partial charge in [0, 0.05) is 0 Å². The molecule has 0 unspecified atom stereocenters. The summed E-state index contributed by atoms with van der Waals surface area (Å²) in [6.07, 6.45) is 10.7. The van der Waals surface area contributed by atoms with Crippen LogP contribution in [-0.2, 0) is 6.42 Å². The Morgan fingerprint density at radius 1 is 0.938 bits per heavy atom. The zero-order valence-corrected chi connectivity index (χ0v) is 18.5. The molecule has 0 radical (unpaired) electrons. The van der Waals surface area contributed by atoms with Crippen molar-refractivity contribution in [2.75, 3.05) is 0 Å². The van der Waals surface area contributed by atoms with Crippen LogP contribution in [0.1, 0.15) is 76.2 Å². The molecule has 2 fully saturated rings. The van der Waals surface area contributed by atoms with Crippen molar-refractivity contribution in [3.05, 3.63) is 41.7 Å². The summed E-state index contributed by atoms with van der Waals surface area (Å²) in [5, 5.41) is 8.59. The van der Waals surface area contributed by atoms with Gasteiger partial charge < -0.3 is 4.74 Å². The van der Waals surface area contributed by atoms with Crippen molar-refractivity contribution >= 4 is 0 Å². The monoisotopic (exact) mass is 451 g/mol. The van der Waals surface area contributed by atoms with Gasteiger partial charge in [-0.25, -0.2) is 0 Å². The number of hydrogen-bond donors (Lipinski definition) is 0. The van der Waals surface area contributed by atoms with Crippen molar-refractivity contribution < 1.29 is 22.3 Å². The molecule has 32 heavy (non-hydrogen) atoms. The summed E-state index contributed by atoms with van der Waals surface area (Å²) in [6.45, 7) is 0. The SMILES string of the molecule is N#C/C(F)=C/C1CCC(C2CCC(CCCCc3ccc(OC(F)(F)F)cc3)CC2)CC1. The average Bonchev–Trinajstić information content (AvgIpc) is 2.78. The molecule has 0 saturated heterocycles. The number of unbranched alkanes of at least 4 members (excludes halogenated alkanes) is 1. The fraction of sp³-hybridized carbons (Fsp3) is 0.654. The molecular formula is C26H33F4NO. The third kappa shape index (κ3) is 8.15. The molecule has 3 rings (SSSR count). The molecule has 0 atom stereocenters. The highest BCUT2D eigenvalue weighted by atomic mass is 19.4. The van der Waals surface area contributed by atoms with Crippen LogP contribution in [-0.4, -0.2) is 6.36 Å². The van der Waals surface area contributed by atoms with E-state index in [1.54, 1.807) is 18.2 Å². The quantitative estimate of drug-likeness (QED) is 0.226. The van der Waals surface area contributed by atoms with Crippen LogP contribution in [0.3, 0.4) is 0 Å². The fourth-order valence-corrected chi connectivity index (χ4v) is 5.60. The van der Waals surface area contributed by atoms with E-state index in [4.69, 9.17) is 5.26 Å². The van der Waals surface area contributed by atoms with Crippen LogP contribution >= 0.6 is 0 Å². The molecule has 0 N–H and O–H groups in total. The smallest absolute Gasteiger partial charge is 0.406 e. The Balaban J connectivity index is 1.29. The van der Waals surface area contributed by atoms with E-state index in [9.17, 15) is 17.6 Å². The van der Waals surface area contributed by atoms with Crippen LogP contribution in [0, 0.1) is 35.0 Å². The summed E-state index contributed by atoms with van der Waals surface area (Å²) in [6, 6.07) is 7.78. The molecule has 6 heteroatoms. The van der Waals surface area contributed by atoms with Crippen molar-refractivity contribution in [2.45, 2.75) is 83.4 Å². The van der Waals surface area contributed by atoms with E-state index < -0.39 is 12.2 Å². The van der Waals surface area contributed by atoms with Crippen LogP contribution in [0.4, 0.5) is 17.6 Å². The van der Waals surface area contributed by atoms with E-state index in [1.165, 1.54) is 50.3 Å². The molecule has 0 aromatic heterocycles. The van der Waals surface area contributed by atoms with Gasteiger partial charge in [-0.15, -0.1) is 13.2 Å². The fourth-order valence-electron chi connectivity index (χ4n) is 5.60. The van der Waals surface area contributed by atoms with Crippen molar-refractivity contribution in [3.8, 4) is 11.8 Å². The standard InChI is InChI=1S/C26H33F4NO/c27-24(18-31)17-21-7-13-23(14-8-21)22-11-5-19(6-12-22)3-1-2-4-20-9-15-25(16-10-20)32-26(28,29)30/h9-10,15-17,19,21-23H,1-8,11-14H2/b24-17-. The molecule has 2 aliphatic carbocycles. The maximum absolute atomic E-state index is 13.2. The van der Waals surface area contributed by atoms with Gasteiger partial charge in [-0.1, -0.05) is 37.8 Å². The second kappa shape index (κ2) is 11.7. The molecule has 2 aliphatic rings. The minimum absolute atomic E-state index is 0.169. The van der Waals surface area contributed by atoms with Crippen LogP contribution in [0.2, 0.25) is 0 Å². The Kier molecular flexibility index (Phi) is 9.02. The average molecular weight is 452 g/mol. The first-order chi connectivity index (χ1) is 15.3. The van der Waals surface area contributed by atoms with E-state index in [0.29, 0.717) is 0 Å². The number of halogens is 4. The van der Waals surface area contributed by atoms with E-state index in [2.05, 4.69) is 4.74 Å². The Hall–Kier alpha value is -2.03. The Morgan fingerprint density at radius 3 is 2.09 bits per heavy atom. The van der Waals surface area contributed by atoms with Gasteiger partial charge in [0.05, 0.1) is 0 Å². The maximum Gasteiger partial charge on any atom is 0.573 e. The first-order valence-electron chi connectivity index (χ1n) is 11.9. The largest absolute Gasteiger partial charge is 0.573 e. The van der Waals surface area contributed by atoms with Crippen LogP contribution in [0.25, 0.3) is 0 Å². The number of alkyl halides is 3. The first kappa shape index (κ1) is 24.6. The van der Waals surface area contributed by atoms with Gasteiger partial charge in [0.15, 0.2) is 5.83 Å². The number of nitriles is 1. The molecule has 0 heterocycles. The van der Waals surface area contributed by atoms with Crippen molar-refractivity contribution in [2.24, 2.45) is 23.7 Å². The van der Waals surface area contributed by atoms with E-state index >= 15 is 0 Å². The molecule has 2 saturated carbocycles. The highest BCUT2D eigenvalue weighted by Gasteiger charge is 2.31. The second-order valence-electron chi connectivity index (χ2n) is 9.52. The first-order valence-corrected chi connectivity index (χ1v) is 11.9. The lowest BCUT2D eigenvalue weighted by Gasteiger charge is -2.37. The molecule has 0 spiro atoms. The molecule has 0 amide bonds. The summed E-state index contributed by atoms with van der Waals surface area (Å²) < 4.78 is 53.7. The molecule has 1 aromatic rings. The highest BCUT2D eigenvalue weighted by Crippen LogP contribution is 2.42. The summed E-state index contributed by atoms with van der Waals surface area (Å²) >= 11 is 0.